The Morgan fingerprint density at radius 2 is 1.93 bits per heavy atom. The molecule has 7 heteroatoms. The number of aromatic nitrogens is 3. The number of nitrogens with zero attached hydrogens (tertiary/aromatic N) is 3. The van der Waals surface area contributed by atoms with Crippen molar-refractivity contribution >= 4 is 17.0 Å². The summed E-state index contributed by atoms with van der Waals surface area (Å²) >= 11 is 0. The largest absolute Gasteiger partial charge is 0.505 e. The average molecular weight is 369 g/mol. The zero-order valence-electron chi connectivity index (χ0n) is 15.9. The van der Waals surface area contributed by atoms with E-state index in [0.29, 0.717) is 34.5 Å². The van der Waals surface area contributed by atoms with Crippen molar-refractivity contribution in [2.24, 2.45) is 5.92 Å². The van der Waals surface area contributed by atoms with Gasteiger partial charge in [0.25, 0.3) is 0 Å². The lowest BCUT2D eigenvalue weighted by Gasteiger charge is -2.11. The predicted octanol–water partition coefficient (Wildman–Crippen LogP) is 3.18. The topological polar surface area (TPSA) is 86.5 Å². The summed E-state index contributed by atoms with van der Waals surface area (Å²) in [6.07, 6.45) is 0.543. The summed E-state index contributed by atoms with van der Waals surface area (Å²) in [4.78, 5) is 13.0. The highest BCUT2D eigenvalue weighted by molar-refractivity contribution is 5.76. The number of aromatic hydroxyl groups is 1. The maximum Gasteiger partial charge on any atom is 0.308 e. The highest BCUT2D eigenvalue weighted by Gasteiger charge is 2.14. The van der Waals surface area contributed by atoms with E-state index in [0.717, 1.165) is 5.56 Å². The van der Waals surface area contributed by atoms with Crippen molar-refractivity contribution in [1.82, 2.24) is 15.0 Å². The highest BCUT2D eigenvalue weighted by Crippen LogP contribution is 2.28. The third-order valence-corrected chi connectivity index (χ3v) is 4.25. The Morgan fingerprint density at radius 3 is 2.63 bits per heavy atom. The number of phenolic OH excluding ortho intramolecular Hbond substituents is 1. The first-order valence-electron chi connectivity index (χ1n) is 8.79. The van der Waals surface area contributed by atoms with Gasteiger partial charge in [0.2, 0.25) is 0 Å². The molecular weight excluding hydrogens is 346 g/mol. The molecule has 3 aromatic rings. The fourth-order valence-corrected chi connectivity index (χ4v) is 2.70. The summed E-state index contributed by atoms with van der Waals surface area (Å²) in [5.41, 5.74) is 3.48. The summed E-state index contributed by atoms with van der Waals surface area (Å²) in [5.74, 6) is 0.431. The quantitative estimate of drug-likeness (QED) is 0.672. The lowest BCUT2D eigenvalue weighted by molar-refractivity contribution is -0.147. The van der Waals surface area contributed by atoms with E-state index in [4.69, 9.17) is 9.47 Å². The lowest BCUT2D eigenvalue weighted by atomic mass is 10.1. The fraction of sp³-hybridized carbons (Fsp3) is 0.350. The molecule has 7 nitrogen and oxygen atoms in total. The van der Waals surface area contributed by atoms with E-state index in [1.807, 2.05) is 31.2 Å². The van der Waals surface area contributed by atoms with E-state index in [1.165, 1.54) is 4.80 Å². The maximum atomic E-state index is 11.6. The van der Waals surface area contributed by atoms with Crippen molar-refractivity contribution in [3.05, 3.63) is 41.5 Å². The fourth-order valence-electron chi connectivity index (χ4n) is 2.70. The minimum Gasteiger partial charge on any atom is -0.505 e. The third-order valence-electron chi connectivity index (χ3n) is 4.25. The highest BCUT2D eigenvalue weighted by atomic mass is 16.5. The van der Waals surface area contributed by atoms with Gasteiger partial charge in [-0.15, -0.1) is 15.0 Å². The number of phenols is 1. The van der Waals surface area contributed by atoms with Crippen molar-refractivity contribution in [3.63, 3.8) is 0 Å². The van der Waals surface area contributed by atoms with Crippen LogP contribution in [0.5, 0.6) is 11.5 Å². The minimum atomic E-state index is -0.223. The molecule has 0 aliphatic heterocycles. The molecule has 0 radical (unpaired) electrons. The van der Waals surface area contributed by atoms with Gasteiger partial charge < -0.3 is 14.6 Å². The first-order chi connectivity index (χ1) is 12.9. The molecule has 0 saturated carbocycles. The zero-order valence-corrected chi connectivity index (χ0v) is 15.9. The molecule has 0 saturated heterocycles. The second kappa shape index (κ2) is 7.65. The molecule has 0 fully saturated rings. The molecule has 0 aliphatic rings. The third kappa shape index (κ3) is 4.02. The van der Waals surface area contributed by atoms with E-state index < -0.39 is 0 Å². The second-order valence-electron chi connectivity index (χ2n) is 6.70. The SMILES string of the molecule is COc1ccc2nn(-c3cc(CCOC(=O)C(C)C)cc(C)c3O)nc2c1. The van der Waals surface area contributed by atoms with Crippen LogP contribution in [0.2, 0.25) is 0 Å². The number of methoxy groups -OCH3 is 1. The number of ether oxygens (including phenoxy) is 2. The smallest absolute Gasteiger partial charge is 0.308 e. The standard InChI is InChI=1S/C20H23N3O4/c1-12(2)20(25)27-8-7-14-9-13(3)19(24)18(10-14)23-21-16-6-5-15(26-4)11-17(16)22-23/h5-6,9-12,24H,7-8H2,1-4H3. The van der Waals surface area contributed by atoms with Gasteiger partial charge in [-0.1, -0.05) is 19.9 Å². The van der Waals surface area contributed by atoms with Crippen LogP contribution in [0.1, 0.15) is 25.0 Å². The van der Waals surface area contributed by atoms with E-state index in [9.17, 15) is 9.90 Å². The first kappa shape index (κ1) is 18.7. The van der Waals surface area contributed by atoms with Gasteiger partial charge in [-0.05, 0) is 36.2 Å². The normalized spacial score (nSPS) is 11.1. The van der Waals surface area contributed by atoms with Crippen molar-refractivity contribution in [1.29, 1.82) is 0 Å². The van der Waals surface area contributed by atoms with Gasteiger partial charge in [0, 0.05) is 12.5 Å². The van der Waals surface area contributed by atoms with Crippen LogP contribution in [0.3, 0.4) is 0 Å². The molecule has 1 N–H and O–H groups in total. The van der Waals surface area contributed by atoms with Gasteiger partial charge in [0.1, 0.15) is 28.2 Å². The van der Waals surface area contributed by atoms with Crippen LogP contribution in [0.15, 0.2) is 30.3 Å². The monoisotopic (exact) mass is 369 g/mol. The summed E-state index contributed by atoms with van der Waals surface area (Å²) in [5, 5.41) is 19.4. The van der Waals surface area contributed by atoms with Crippen molar-refractivity contribution in [3.8, 4) is 17.2 Å². The lowest BCUT2D eigenvalue weighted by Crippen LogP contribution is -2.13. The predicted molar refractivity (Wildman–Crippen MR) is 101 cm³/mol. The van der Waals surface area contributed by atoms with E-state index in [-0.39, 0.29) is 24.2 Å². The van der Waals surface area contributed by atoms with Crippen molar-refractivity contribution in [2.45, 2.75) is 27.2 Å². The number of hydrogen-bond donors (Lipinski definition) is 1. The van der Waals surface area contributed by atoms with Crippen LogP contribution >= 0.6 is 0 Å². The molecule has 1 heterocycles. The molecule has 0 amide bonds. The maximum absolute atomic E-state index is 11.6. The molecule has 0 aliphatic carbocycles. The summed E-state index contributed by atoms with van der Waals surface area (Å²) in [7, 11) is 1.59. The van der Waals surface area contributed by atoms with Crippen LogP contribution < -0.4 is 4.74 Å². The van der Waals surface area contributed by atoms with Gasteiger partial charge in [0.05, 0.1) is 19.6 Å². The number of fused-ring (bicyclic) bond motifs is 1. The molecule has 0 bridgehead atoms. The molecule has 0 atom stereocenters. The van der Waals surface area contributed by atoms with Crippen molar-refractivity contribution in [2.75, 3.05) is 13.7 Å². The van der Waals surface area contributed by atoms with Gasteiger partial charge in [0.15, 0.2) is 0 Å². The number of rotatable bonds is 6. The van der Waals surface area contributed by atoms with Crippen LogP contribution in [0.4, 0.5) is 0 Å². The molecule has 0 unspecified atom stereocenters. The Morgan fingerprint density at radius 1 is 1.19 bits per heavy atom. The number of carbonyl (C=O) groups excluding carboxylic acids is 1. The van der Waals surface area contributed by atoms with Crippen LogP contribution in [0, 0.1) is 12.8 Å². The van der Waals surface area contributed by atoms with Crippen molar-refractivity contribution < 1.29 is 19.4 Å². The number of benzene rings is 2. The van der Waals surface area contributed by atoms with E-state index >= 15 is 0 Å². The van der Waals surface area contributed by atoms with Gasteiger partial charge in [-0.25, -0.2) is 0 Å². The Hall–Kier alpha value is -3.09. The number of esters is 1. The van der Waals surface area contributed by atoms with Crippen LogP contribution in [0.25, 0.3) is 16.7 Å². The Labute approximate surface area is 157 Å². The minimum absolute atomic E-state index is 0.116. The Balaban J connectivity index is 1.88. The zero-order chi connectivity index (χ0) is 19.6. The van der Waals surface area contributed by atoms with E-state index in [2.05, 4.69) is 10.2 Å². The van der Waals surface area contributed by atoms with Crippen LogP contribution in [-0.4, -0.2) is 39.8 Å². The molecule has 2 aromatic carbocycles. The van der Waals surface area contributed by atoms with Crippen LogP contribution in [-0.2, 0) is 16.0 Å². The van der Waals surface area contributed by atoms with Gasteiger partial charge >= 0.3 is 5.97 Å². The van der Waals surface area contributed by atoms with Gasteiger partial charge in [-0.2, -0.15) is 0 Å². The number of carbonyl (C=O) groups is 1. The summed E-state index contributed by atoms with van der Waals surface area (Å²) in [6.45, 7) is 5.70. The second-order valence-corrected chi connectivity index (χ2v) is 6.70. The summed E-state index contributed by atoms with van der Waals surface area (Å²) < 4.78 is 10.5. The molecule has 1 aromatic heterocycles. The molecule has 0 spiro atoms. The first-order valence-corrected chi connectivity index (χ1v) is 8.79. The Bertz CT molecular complexity index is 979. The van der Waals surface area contributed by atoms with Gasteiger partial charge in [-0.3, -0.25) is 4.79 Å². The number of aryl methyl sites for hydroxylation is 1. The molecule has 3 rings (SSSR count). The molecular formula is C20H23N3O4. The average Bonchev–Trinajstić information content (AvgIpc) is 3.06. The summed E-state index contributed by atoms with van der Waals surface area (Å²) in [6, 6.07) is 9.09. The number of hydrogen-bond acceptors (Lipinski definition) is 6. The van der Waals surface area contributed by atoms with E-state index in [1.54, 1.807) is 27.0 Å². The molecule has 27 heavy (non-hydrogen) atoms. The molecule has 142 valence electrons. The Kier molecular flexibility index (Phi) is 5.30.